The van der Waals surface area contributed by atoms with Crippen LogP contribution in [-0.4, -0.2) is 42.7 Å². The summed E-state index contributed by atoms with van der Waals surface area (Å²) in [5, 5.41) is 32.8. The Balaban J connectivity index is 1.44. The first kappa shape index (κ1) is 18.3. The molecule has 1 aromatic heterocycles. The molecule has 2 aromatic rings. The molecule has 2 aliphatic carbocycles. The van der Waals surface area contributed by atoms with Crippen molar-refractivity contribution in [1.29, 1.82) is 0 Å². The number of fused-ring (bicyclic) bond motifs is 5. The summed E-state index contributed by atoms with van der Waals surface area (Å²) < 4.78 is 2.18. The van der Waals surface area contributed by atoms with Crippen LogP contribution in [0.2, 0.25) is 0 Å². The number of aliphatic hydroxyl groups excluding tert-OH is 2. The standard InChI is InChI=1S/C23H30N2O3/c1-2-22(9-15-7-16(26)11-23(28,10-15)13-22)21(27)8-19-17-5-3-4-6-18(17)20-12-24-14-25(19)20/h3-6,12,14-16,19,21,26-28H,2,7-11,13H2,1H3/t15?,16?,19-,21+,22?,23?/m1/s1. The average Bonchev–Trinajstić information content (AvgIpc) is 3.22. The molecule has 4 unspecified atom stereocenters. The van der Waals surface area contributed by atoms with Crippen LogP contribution in [0.1, 0.15) is 63.5 Å². The molecule has 5 nitrogen and oxygen atoms in total. The zero-order chi connectivity index (χ0) is 19.5. The third kappa shape index (κ3) is 2.75. The van der Waals surface area contributed by atoms with Crippen molar-refractivity contribution in [3.8, 4) is 11.3 Å². The van der Waals surface area contributed by atoms with E-state index in [2.05, 4.69) is 34.7 Å². The Labute approximate surface area is 166 Å². The van der Waals surface area contributed by atoms with Crippen molar-refractivity contribution in [2.75, 3.05) is 0 Å². The molecular formula is C23H30N2O3. The Morgan fingerprint density at radius 2 is 2.07 bits per heavy atom. The summed E-state index contributed by atoms with van der Waals surface area (Å²) >= 11 is 0. The Morgan fingerprint density at radius 1 is 1.25 bits per heavy atom. The lowest BCUT2D eigenvalue weighted by molar-refractivity contribution is -0.161. The molecule has 1 aliphatic heterocycles. The quantitative estimate of drug-likeness (QED) is 0.758. The fourth-order valence-corrected chi connectivity index (χ4v) is 6.61. The van der Waals surface area contributed by atoms with Gasteiger partial charge in [0.1, 0.15) is 0 Å². The van der Waals surface area contributed by atoms with Gasteiger partial charge in [0, 0.05) is 12.0 Å². The highest BCUT2D eigenvalue weighted by Gasteiger charge is 2.53. The van der Waals surface area contributed by atoms with E-state index in [4.69, 9.17) is 0 Å². The van der Waals surface area contributed by atoms with E-state index in [1.165, 1.54) is 11.1 Å². The van der Waals surface area contributed by atoms with Gasteiger partial charge in [0.05, 0.1) is 42.1 Å². The highest BCUT2D eigenvalue weighted by atomic mass is 16.3. The zero-order valence-corrected chi connectivity index (χ0v) is 16.5. The molecule has 2 heterocycles. The normalized spacial score (nSPS) is 37.4. The minimum atomic E-state index is -0.842. The van der Waals surface area contributed by atoms with Gasteiger partial charge in [0.15, 0.2) is 0 Å². The summed E-state index contributed by atoms with van der Waals surface area (Å²) in [7, 11) is 0. The van der Waals surface area contributed by atoms with Gasteiger partial charge in [-0.25, -0.2) is 4.98 Å². The second kappa shape index (κ2) is 6.41. The maximum Gasteiger partial charge on any atom is 0.0956 e. The zero-order valence-electron chi connectivity index (χ0n) is 16.5. The monoisotopic (exact) mass is 382 g/mol. The fraction of sp³-hybridized carbons (Fsp3) is 0.609. The van der Waals surface area contributed by atoms with Crippen molar-refractivity contribution < 1.29 is 15.3 Å². The molecule has 6 atom stereocenters. The first-order valence-corrected chi connectivity index (χ1v) is 10.6. The molecule has 5 rings (SSSR count). The van der Waals surface area contributed by atoms with Crippen LogP contribution in [0.3, 0.4) is 0 Å². The lowest BCUT2D eigenvalue weighted by Crippen LogP contribution is -2.54. The van der Waals surface area contributed by atoms with E-state index in [1.807, 2.05) is 18.6 Å². The second-order valence-electron chi connectivity index (χ2n) is 9.53. The van der Waals surface area contributed by atoms with Crippen LogP contribution in [0.5, 0.6) is 0 Å². The van der Waals surface area contributed by atoms with Gasteiger partial charge in [0.2, 0.25) is 0 Å². The van der Waals surface area contributed by atoms with Crippen molar-refractivity contribution in [3.63, 3.8) is 0 Å². The third-order valence-corrected chi connectivity index (χ3v) is 7.72. The van der Waals surface area contributed by atoms with Gasteiger partial charge in [-0.1, -0.05) is 31.2 Å². The van der Waals surface area contributed by atoms with Crippen LogP contribution < -0.4 is 0 Å². The highest BCUT2D eigenvalue weighted by molar-refractivity contribution is 5.68. The lowest BCUT2D eigenvalue weighted by Gasteiger charge is -2.54. The van der Waals surface area contributed by atoms with Crippen LogP contribution in [0.4, 0.5) is 0 Å². The van der Waals surface area contributed by atoms with Gasteiger partial charge in [-0.2, -0.15) is 0 Å². The smallest absolute Gasteiger partial charge is 0.0956 e. The van der Waals surface area contributed by atoms with Crippen LogP contribution >= 0.6 is 0 Å². The average molecular weight is 383 g/mol. The number of aliphatic hydroxyl groups is 3. The number of hydrogen-bond donors (Lipinski definition) is 3. The van der Waals surface area contributed by atoms with E-state index in [-0.39, 0.29) is 17.4 Å². The van der Waals surface area contributed by atoms with Crippen molar-refractivity contribution >= 4 is 0 Å². The maximum atomic E-state index is 11.5. The summed E-state index contributed by atoms with van der Waals surface area (Å²) in [6.07, 6.45) is 7.72. The third-order valence-electron chi connectivity index (χ3n) is 7.72. The molecule has 5 heteroatoms. The first-order chi connectivity index (χ1) is 13.4. The molecular weight excluding hydrogens is 352 g/mol. The molecule has 3 aliphatic rings. The molecule has 2 saturated carbocycles. The Morgan fingerprint density at radius 3 is 2.86 bits per heavy atom. The summed E-state index contributed by atoms with van der Waals surface area (Å²) in [6.45, 7) is 2.13. The van der Waals surface area contributed by atoms with E-state index in [9.17, 15) is 15.3 Å². The predicted molar refractivity (Wildman–Crippen MR) is 107 cm³/mol. The Bertz CT molecular complexity index is 876. The molecule has 1 aromatic carbocycles. The molecule has 28 heavy (non-hydrogen) atoms. The van der Waals surface area contributed by atoms with Crippen LogP contribution in [-0.2, 0) is 0 Å². The van der Waals surface area contributed by atoms with Crippen molar-refractivity contribution in [1.82, 2.24) is 9.55 Å². The molecule has 2 fully saturated rings. The number of rotatable bonds is 4. The summed E-state index contributed by atoms with van der Waals surface area (Å²) in [4.78, 5) is 4.33. The number of nitrogens with zero attached hydrogens (tertiary/aromatic N) is 2. The van der Waals surface area contributed by atoms with Gasteiger partial charge in [-0.15, -0.1) is 0 Å². The van der Waals surface area contributed by atoms with Crippen molar-refractivity contribution in [2.24, 2.45) is 11.3 Å². The van der Waals surface area contributed by atoms with E-state index in [1.54, 1.807) is 0 Å². The van der Waals surface area contributed by atoms with Crippen molar-refractivity contribution in [2.45, 2.75) is 75.7 Å². The molecule has 0 saturated heterocycles. The molecule has 0 spiro atoms. The highest BCUT2D eigenvalue weighted by Crippen LogP contribution is 2.55. The van der Waals surface area contributed by atoms with Gasteiger partial charge >= 0.3 is 0 Å². The van der Waals surface area contributed by atoms with Crippen LogP contribution in [0, 0.1) is 11.3 Å². The van der Waals surface area contributed by atoms with Crippen LogP contribution in [0.25, 0.3) is 11.3 Å². The Kier molecular flexibility index (Phi) is 4.20. The summed E-state index contributed by atoms with van der Waals surface area (Å²) in [5.41, 5.74) is 2.42. The Hall–Kier alpha value is -1.69. The molecule has 0 amide bonds. The van der Waals surface area contributed by atoms with E-state index in [0.717, 1.165) is 31.4 Å². The van der Waals surface area contributed by atoms with E-state index in [0.29, 0.717) is 19.3 Å². The van der Waals surface area contributed by atoms with Gasteiger partial charge in [-0.05, 0) is 55.4 Å². The summed E-state index contributed by atoms with van der Waals surface area (Å²) in [6, 6.07) is 8.46. The molecule has 3 N–H and O–H groups in total. The van der Waals surface area contributed by atoms with Gasteiger partial charge in [-0.3, -0.25) is 0 Å². The summed E-state index contributed by atoms with van der Waals surface area (Å²) in [5.74, 6) is 0.289. The number of hydrogen-bond acceptors (Lipinski definition) is 4. The minimum Gasteiger partial charge on any atom is -0.393 e. The minimum absolute atomic E-state index is 0.0779. The lowest BCUT2D eigenvalue weighted by atomic mass is 9.55. The first-order valence-electron chi connectivity index (χ1n) is 10.6. The van der Waals surface area contributed by atoms with Gasteiger partial charge in [0.25, 0.3) is 0 Å². The van der Waals surface area contributed by atoms with E-state index < -0.39 is 17.8 Å². The largest absolute Gasteiger partial charge is 0.393 e. The molecule has 150 valence electrons. The van der Waals surface area contributed by atoms with Crippen molar-refractivity contribution in [3.05, 3.63) is 42.4 Å². The number of benzene rings is 1. The topological polar surface area (TPSA) is 78.5 Å². The van der Waals surface area contributed by atoms with E-state index >= 15 is 0 Å². The predicted octanol–water partition coefficient (Wildman–Crippen LogP) is 3.29. The fourth-order valence-electron chi connectivity index (χ4n) is 6.61. The molecule has 0 radical (unpaired) electrons. The number of aromatic nitrogens is 2. The SMILES string of the molecule is CCC1([C@@H](O)C[C@@H]2c3ccccc3-c3cncn32)CC2CC(O)CC(O)(C2)C1. The van der Waals surface area contributed by atoms with Crippen LogP contribution in [0.15, 0.2) is 36.8 Å². The van der Waals surface area contributed by atoms with Gasteiger partial charge < -0.3 is 19.9 Å². The maximum absolute atomic E-state index is 11.5. The number of imidazole rings is 1. The second-order valence-corrected chi connectivity index (χ2v) is 9.53. The molecule has 2 bridgehead atoms.